The van der Waals surface area contributed by atoms with Crippen molar-refractivity contribution in [1.29, 1.82) is 0 Å². The average Bonchev–Trinajstić information content (AvgIpc) is 2.35. The minimum Gasteiger partial charge on any atom is -0.383 e. The van der Waals surface area contributed by atoms with E-state index in [1.807, 2.05) is 0 Å². The number of methoxy groups -OCH3 is 1. The fourth-order valence-electron chi connectivity index (χ4n) is 2.58. The standard InChI is InChI=1S/C13H25NO4S/c1-11(10-17-2)19(15,16)14-8-6-13(7-9-14)18-12-4-3-5-12/h11-13H,3-10H2,1-2H3. The molecule has 0 aromatic rings. The van der Waals surface area contributed by atoms with Gasteiger partial charge >= 0.3 is 0 Å². The van der Waals surface area contributed by atoms with Crippen molar-refractivity contribution in [1.82, 2.24) is 4.31 Å². The molecule has 0 spiro atoms. The Morgan fingerprint density at radius 3 is 2.21 bits per heavy atom. The number of nitrogens with zero attached hydrogens (tertiary/aromatic N) is 1. The summed E-state index contributed by atoms with van der Waals surface area (Å²) < 4.78 is 37.0. The lowest BCUT2D eigenvalue weighted by molar-refractivity contribution is -0.0674. The predicted octanol–water partition coefficient (Wildman–Crippen LogP) is 1.38. The smallest absolute Gasteiger partial charge is 0.218 e. The highest BCUT2D eigenvalue weighted by atomic mass is 32.2. The van der Waals surface area contributed by atoms with Crippen molar-refractivity contribution in [3.8, 4) is 0 Å². The van der Waals surface area contributed by atoms with Gasteiger partial charge in [0.05, 0.1) is 24.1 Å². The summed E-state index contributed by atoms with van der Waals surface area (Å²) in [5.74, 6) is 0. The van der Waals surface area contributed by atoms with E-state index in [2.05, 4.69) is 0 Å². The van der Waals surface area contributed by atoms with Crippen LogP contribution < -0.4 is 0 Å². The van der Waals surface area contributed by atoms with Crippen LogP contribution >= 0.6 is 0 Å². The van der Waals surface area contributed by atoms with Gasteiger partial charge in [-0.15, -0.1) is 0 Å². The van der Waals surface area contributed by atoms with Crippen LogP contribution in [0.3, 0.4) is 0 Å². The number of hydrogen-bond donors (Lipinski definition) is 0. The van der Waals surface area contributed by atoms with E-state index < -0.39 is 15.3 Å². The summed E-state index contributed by atoms with van der Waals surface area (Å²) >= 11 is 0. The Morgan fingerprint density at radius 2 is 1.74 bits per heavy atom. The van der Waals surface area contributed by atoms with Gasteiger partial charge in [0.2, 0.25) is 10.0 Å². The molecule has 0 amide bonds. The van der Waals surface area contributed by atoms with E-state index >= 15 is 0 Å². The first-order valence-electron chi connectivity index (χ1n) is 7.17. The van der Waals surface area contributed by atoms with Crippen LogP contribution in [0.1, 0.15) is 39.0 Å². The second-order valence-corrected chi connectivity index (χ2v) is 7.95. The van der Waals surface area contributed by atoms with Gasteiger partial charge in [-0.3, -0.25) is 0 Å². The molecular formula is C13H25NO4S. The highest BCUT2D eigenvalue weighted by Crippen LogP contribution is 2.27. The van der Waals surface area contributed by atoms with Crippen LogP contribution in [0, 0.1) is 0 Å². The highest BCUT2D eigenvalue weighted by Gasteiger charge is 2.33. The van der Waals surface area contributed by atoms with Crippen molar-refractivity contribution in [2.24, 2.45) is 0 Å². The van der Waals surface area contributed by atoms with Gasteiger partial charge in [0.15, 0.2) is 0 Å². The van der Waals surface area contributed by atoms with Crippen LogP contribution in [0.4, 0.5) is 0 Å². The van der Waals surface area contributed by atoms with Crippen LogP contribution in [0.15, 0.2) is 0 Å². The summed E-state index contributed by atoms with van der Waals surface area (Å²) in [5.41, 5.74) is 0. The lowest BCUT2D eigenvalue weighted by Crippen LogP contribution is -2.46. The first-order chi connectivity index (χ1) is 9.04. The lowest BCUT2D eigenvalue weighted by Gasteiger charge is -2.36. The first-order valence-corrected chi connectivity index (χ1v) is 8.67. The van der Waals surface area contributed by atoms with Crippen LogP contribution in [0.5, 0.6) is 0 Å². The Kier molecular flexibility index (Phi) is 5.22. The van der Waals surface area contributed by atoms with Gasteiger partial charge in [-0.2, -0.15) is 0 Å². The van der Waals surface area contributed by atoms with Crippen molar-refractivity contribution in [2.45, 2.75) is 56.5 Å². The molecule has 0 bridgehead atoms. The van der Waals surface area contributed by atoms with Gasteiger partial charge in [0, 0.05) is 20.2 Å². The molecule has 2 fully saturated rings. The second kappa shape index (κ2) is 6.52. The number of sulfonamides is 1. The summed E-state index contributed by atoms with van der Waals surface area (Å²) in [6.07, 6.45) is 5.92. The number of ether oxygens (including phenoxy) is 2. The van der Waals surface area contributed by atoms with Gasteiger partial charge in [-0.1, -0.05) is 0 Å². The summed E-state index contributed by atoms with van der Waals surface area (Å²) in [6.45, 7) is 3.11. The minimum atomic E-state index is -3.21. The van der Waals surface area contributed by atoms with Crippen molar-refractivity contribution in [2.75, 3.05) is 26.8 Å². The Hall–Kier alpha value is -0.170. The Balaban J connectivity index is 1.81. The van der Waals surface area contributed by atoms with Crippen LogP contribution in [-0.2, 0) is 19.5 Å². The van der Waals surface area contributed by atoms with E-state index in [4.69, 9.17) is 9.47 Å². The lowest BCUT2D eigenvalue weighted by atomic mass is 9.95. The zero-order chi connectivity index (χ0) is 13.9. The first kappa shape index (κ1) is 15.2. The monoisotopic (exact) mass is 291 g/mol. The van der Waals surface area contributed by atoms with Gasteiger partial charge < -0.3 is 9.47 Å². The third-order valence-corrected chi connectivity index (χ3v) is 6.35. The molecule has 0 aromatic heterocycles. The Bertz CT molecular complexity index is 372. The molecule has 0 aromatic carbocycles. The maximum Gasteiger partial charge on any atom is 0.218 e. The molecule has 1 saturated heterocycles. The van der Waals surface area contributed by atoms with Crippen LogP contribution in [0.25, 0.3) is 0 Å². The van der Waals surface area contributed by atoms with Crippen LogP contribution in [-0.4, -0.2) is 57.0 Å². The van der Waals surface area contributed by atoms with Crippen molar-refractivity contribution >= 4 is 10.0 Å². The highest BCUT2D eigenvalue weighted by molar-refractivity contribution is 7.89. The molecule has 0 N–H and O–H groups in total. The molecule has 6 heteroatoms. The number of rotatable bonds is 6. The Labute approximate surface area is 116 Å². The fourth-order valence-corrected chi connectivity index (χ4v) is 4.11. The molecule has 1 unspecified atom stereocenters. The molecule has 1 saturated carbocycles. The largest absolute Gasteiger partial charge is 0.383 e. The molecule has 1 aliphatic heterocycles. The van der Waals surface area contributed by atoms with E-state index in [0.717, 1.165) is 12.8 Å². The third kappa shape index (κ3) is 3.68. The molecule has 1 heterocycles. The molecule has 2 aliphatic rings. The maximum absolute atomic E-state index is 12.3. The maximum atomic E-state index is 12.3. The molecule has 1 atom stereocenters. The summed E-state index contributed by atoms with van der Waals surface area (Å²) in [4.78, 5) is 0. The van der Waals surface area contributed by atoms with Crippen molar-refractivity contribution in [3.05, 3.63) is 0 Å². The molecular weight excluding hydrogens is 266 g/mol. The second-order valence-electron chi connectivity index (χ2n) is 5.60. The van der Waals surface area contributed by atoms with Gasteiger partial charge in [-0.25, -0.2) is 12.7 Å². The SMILES string of the molecule is COCC(C)S(=O)(=O)N1CCC(OC2CCC2)CC1. The number of piperidine rings is 1. The molecule has 19 heavy (non-hydrogen) atoms. The summed E-state index contributed by atoms with van der Waals surface area (Å²) in [7, 11) is -1.68. The average molecular weight is 291 g/mol. The fraction of sp³-hybridized carbons (Fsp3) is 1.00. The Morgan fingerprint density at radius 1 is 1.16 bits per heavy atom. The van der Waals surface area contributed by atoms with E-state index in [0.29, 0.717) is 19.2 Å². The third-order valence-electron chi connectivity index (χ3n) is 4.11. The zero-order valence-electron chi connectivity index (χ0n) is 11.9. The molecule has 112 valence electrons. The predicted molar refractivity (Wildman–Crippen MR) is 73.6 cm³/mol. The van der Waals surface area contributed by atoms with E-state index in [1.165, 1.54) is 26.4 Å². The van der Waals surface area contributed by atoms with Gasteiger partial charge in [0.1, 0.15) is 0 Å². The summed E-state index contributed by atoms with van der Waals surface area (Å²) in [6, 6.07) is 0. The van der Waals surface area contributed by atoms with Gasteiger partial charge in [-0.05, 0) is 39.0 Å². The van der Waals surface area contributed by atoms with Crippen molar-refractivity contribution < 1.29 is 17.9 Å². The molecule has 0 radical (unpaired) electrons. The molecule has 1 aliphatic carbocycles. The number of hydrogen-bond acceptors (Lipinski definition) is 4. The summed E-state index contributed by atoms with van der Waals surface area (Å²) in [5, 5.41) is -0.471. The van der Waals surface area contributed by atoms with E-state index in [9.17, 15) is 8.42 Å². The topological polar surface area (TPSA) is 55.8 Å². The zero-order valence-corrected chi connectivity index (χ0v) is 12.7. The van der Waals surface area contributed by atoms with Crippen molar-refractivity contribution in [3.63, 3.8) is 0 Å². The molecule has 5 nitrogen and oxygen atoms in total. The van der Waals surface area contributed by atoms with Gasteiger partial charge in [0.25, 0.3) is 0 Å². The normalized spacial score (nSPS) is 25.2. The van der Waals surface area contributed by atoms with E-state index in [-0.39, 0.29) is 12.7 Å². The molecule has 2 rings (SSSR count). The minimum absolute atomic E-state index is 0.245. The van der Waals surface area contributed by atoms with E-state index in [1.54, 1.807) is 11.2 Å². The quantitative estimate of drug-likeness (QED) is 0.742. The van der Waals surface area contributed by atoms with Crippen LogP contribution in [0.2, 0.25) is 0 Å².